The maximum Gasteiger partial charge on any atom is 0.229 e. The van der Waals surface area contributed by atoms with Crippen molar-refractivity contribution < 1.29 is 4.74 Å². The van der Waals surface area contributed by atoms with E-state index < -0.39 is 0 Å². The summed E-state index contributed by atoms with van der Waals surface area (Å²) < 4.78 is 5.85. The molecule has 0 aliphatic carbocycles. The smallest absolute Gasteiger partial charge is 0.229 e. The van der Waals surface area contributed by atoms with Crippen molar-refractivity contribution in [2.75, 3.05) is 10.6 Å². The van der Waals surface area contributed by atoms with Gasteiger partial charge in [0.05, 0.1) is 11.8 Å². The molecule has 0 radical (unpaired) electrons. The van der Waals surface area contributed by atoms with E-state index in [1.165, 1.54) is 5.56 Å². The van der Waals surface area contributed by atoms with Gasteiger partial charge in [-0.05, 0) is 50.1 Å². The molecule has 0 saturated carbocycles. The average molecular weight is 348 g/mol. The lowest BCUT2D eigenvalue weighted by atomic mass is 10.1. The van der Waals surface area contributed by atoms with Gasteiger partial charge < -0.3 is 15.4 Å². The zero-order chi connectivity index (χ0) is 18.4. The number of benzene rings is 2. The van der Waals surface area contributed by atoms with Gasteiger partial charge in [-0.3, -0.25) is 0 Å². The second-order valence-corrected chi connectivity index (χ2v) is 6.19. The first-order valence-electron chi connectivity index (χ1n) is 8.86. The molecule has 2 aromatic carbocycles. The van der Waals surface area contributed by atoms with Crippen molar-refractivity contribution >= 4 is 23.1 Å². The molecule has 0 spiro atoms. The van der Waals surface area contributed by atoms with Gasteiger partial charge in [-0.2, -0.15) is 4.98 Å². The molecule has 0 saturated heterocycles. The Bertz CT molecular complexity index is 864. The Morgan fingerprint density at radius 3 is 2.42 bits per heavy atom. The zero-order valence-electron chi connectivity index (χ0n) is 15.4. The fourth-order valence-corrected chi connectivity index (χ4v) is 2.62. The molecule has 0 bridgehead atoms. The van der Waals surface area contributed by atoms with Gasteiger partial charge in [0.15, 0.2) is 0 Å². The number of aryl methyl sites for hydroxylation is 1. The van der Waals surface area contributed by atoms with Crippen molar-refractivity contribution in [1.82, 2.24) is 9.97 Å². The maximum absolute atomic E-state index is 5.85. The summed E-state index contributed by atoms with van der Waals surface area (Å²) in [6, 6.07) is 17.9. The number of para-hydroxylation sites is 3. The number of hydrogen-bond acceptors (Lipinski definition) is 5. The van der Waals surface area contributed by atoms with Crippen LogP contribution in [0.4, 0.5) is 23.1 Å². The highest BCUT2D eigenvalue weighted by atomic mass is 16.5. The van der Waals surface area contributed by atoms with Crippen LogP contribution < -0.4 is 15.4 Å². The molecule has 2 N–H and O–H groups in total. The van der Waals surface area contributed by atoms with E-state index >= 15 is 0 Å². The molecule has 5 heteroatoms. The molecule has 5 nitrogen and oxygen atoms in total. The Kier molecular flexibility index (Phi) is 5.69. The van der Waals surface area contributed by atoms with Gasteiger partial charge >= 0.3 is 0 Å². The lowest BCUT2D eigenvalue weighted by Crippen LogP contribution is -2.08. The van der Waals surface area contributed by atoms with E-state index in [1.807, 2.05) is 62.4 Å². The van der Waals surface area contributed by atoms with E-state index in [9.17, 15) is 0 Å². The normalized spacial score (nSPS) is 10.6. The molecule has 3 aromatic rings. The summed E-state index contributed by atoms with van der Waals surface area (Å²) in [5, 5.41) is 6.62. The molecule has 0 unspecified atom stereocenters. The van der Waals surface area contributed by atoms with Crippen LogP contribution in [-0.4, -0.2) is 16.1 Å². The number of nitrogens with zero attached hydrogens (tertiary/aromatic N) is 2. The van der Waals surface area contributed by atoms with Crippen LogP contribution in [0.25, 0.3) is 0 Å². The molecule has 0 atom stereocenters. The molecule has 134 valence electrons. The van der Waals surface area contributed by atoms with Gasteiger partial charge in [-0.15, -0.1) is 0 Å². The summed E-state index contributed by atoms with van der Waals surface area (Å²) in [7, 11) is 0. The first-order valence-corrected chi connectivity index (χ1v) is 8.86. The van der Waals surface area contributed by atoms with Gasteiger partial charge in [0, 0.05) is 11.9 Å². The number of rotatable bonds is 7. The monoisotopic (exact) mass is 348 g/mol. The zero-order valence-corrected chi connectivity index (χ0v) is 15.4. The van der Waals surface area contributed by atoms with Gasteiger partial charge in [0.25, 0.3) is 0 Å². The van der Waals surface area contributed by atoms with E-state index in [2.05, 4.69) is 33.6 Å². The number of hydrogen-bond donors (Lipinski definition) is 2. The molecule has 0 fully saturated rings. The molecule has 0 aliphatic heterocycles. The van der Waals surface area contributed by atoms with Crippen LogP contribution in [0.3, 0.4) is 0 Å². The Labute approximate surface area is 154 Å². The molecular formula is C21H24N4O. The number of ether oxygens (including phenoxy) is 1. The van der Waals surface area contributed by atoms with Crippen molar-refractivity contribution in [3.8, 4) is 5.75 Å². The van der Waals surface area contributed by atoms with Crippen LogP contribution in [0, 0.1) is 0 Å². The van der Waals surface area contributed by atoms with Crippen LogP contribution in [0.15, 0.2) is 60.8 Å². The van der Waals surface area contributed by atoms with E-state index in [1.54, 1.807) is 6.20 Å². The number of anilines is 4. The predicted molar refractivity (Wildman–Crippen MR) is 107 cm³/mol. The van der Waals surface area contributed by atoms with Crippen LogP contribution in [-0.2, 0) is 6.42 Å². The summed E-state index contributed by atoms with van der Waals surface area (Å²) in [5.41, 5.74) is 3.13. The largest absolute Gasteiger partial charge is 0.489 e. The number of nitrogens with one attached hydrogen (secondary N) is 2. The SMILES string of the molecule is CCc1ccccc1Nc1nccc(Nc2ccccc2OC(C)C)n1. The van der Waals surface area contributed by atoms with Crippen LogP contribution in [0.1, 0.15) is 26.3 Å². The van der Waals surface area contributed by atoms with Crippen LogP contribution in [0.2, 0.25) is 0 Å². The van der Waals surface area contributed by atoms with Gasteiger partial charge in [-0.25, -0.2) is 4.98 Å². The molecule has 1 heterocycles. The molecule has 26 heavy (non-hydrogen) atoms. The average Bonchev–Trinajstić information content (AvgIpc) is 2.64. The quantitative estimate of drug-likeness (QED) is 0.606. The predicted octanol–water partition coefficient (Wildman–Crippen LogP) is 5.31. The van der Waals surface area contributed by atoms with E-state index in [0.29, 0.717) is 11.8 Å². The van der Waals surface area contributed by atoms with E-state index in [0.717, 1.165) is 23.5 Å². The maximum atomic E-state index is 5.85. The third-order valence-corrected chi connectivity index (χ3v) is 3.81. The summed E-state index contributed by atoms with van der Waals surface area (Å²) in [6.45, 7) is 6.15. The fourth-order valence-electron chi connectivity index (χ4n) is 2.62. The first-order chi connectivity index (χ1) is 12.7. The topological polar surface area (TPSA) is 59.1 Å². The van der Waals surface area contributed by atoms with Crippen molar-refractivity contribution in [3.05, 3.63) is 66.4 Å². The van der Waals surface area contributed by atoms with Crippen LogP contribution in [0.5, 0.6) is 5.75 Å². The van der Waals surface area contributed by atoms with E-state index in [4.69, 9.17) is 4.74 Å². The molecular weight excluding hydrogens is 324 g/mol. The molecule has 0 aliphatic rings. The highest BCUT2D eigenvalue weighted by Gasteiger charge is 2.08. The van der Waals surface area contributed by atoms with Gasteiger partial charge in [-0.1, -0.05) is 37.3 Å². The van der Waals surface area contributed by atoms with E-state index in [-0.39, 0.29) is 6.10 Å². The second-order valence-electron chi connectivity index (χ2n) is 6.19. The molecule has 1 aromatic heterocycles. The Balaban J connectivity index is 1.80. The lowest BCUT2D eigenvalue weighted by molar-refractivity contribution is 0.244. The van der Waals surface area contributed by atoms with Crippen LogP contribution >= 0.6 is 0 Å². The van der Waals surface area contributed by atoms with Crippen molar-refractivity contribution in [2.24, 2.45) is 0 Å². The minimum Gasteiger partial charge on any atom is -0.489 e. The Morgan fingerprint density at radius 2 is 1.65 bits per heavy atom. The Morgan fingerprint density at radius 1 is 0.923 bits per heavy atom. The number of aromatic nitrogens is 2. The highest BCUT2D eigenvalue weighted by Crippen LogP contribution is 2.28. The Hall–Kier alpha value is -3.08. The third kappa shape index (κ3) is 4.51. The molecule has 3 rings (SSSR count). The lowest BCUT2D eigenvalue weighted by Gasteiger charge is -2.15. The summed E-state index contributed by atoms with van der Waals surface area (Å²) in [4.78, 5) is 8.90. The third-order valence-electron chi connectivity index (χ3n) is 3.81. The minimum atomic E-state index is 0.103. The van der Waals surface area contributed by atoms with Gasteiger partial charge in [0.1, 0.15) is 11.6 Å². The van der Waals surface area contributed by atoms with Crippen molar-refractivity contribution in [3.63, 3.8) is 0 Å². The summed E-state index contributed by atoms with van der Waals surface area (Å²) >= 11 is 0. The standard InChI is InChI=1S/C21H24N4O/c1-4-16-9-5-6-10-17(16)24-21-22-14-13-20(25-21)23-18-11-7-8-12-19(18)26-15(2)3/h5-15H,4H2,1-3H3,(H2,22,23,24,25). The minimum absolute atomic E-state index is 0.103. The first kappa shape index (κ1) is 17.7. The summed E-state index contributed by atoms with van der Waals surface area (Å²) in [6.07, 6.45) is 2.78. The van der Waals surface area contributed by atoms with Gasteiger partial charge in [0.2, 0.25) is 5.95 Å². The fraction of sp³-hybridized carbons (Fsp3) is 0.238. The summed E-state index contributed by atoms with van der Waals surface area (Å²) in [5.74, 6) is 2.06. The highest BCUT2D eigenvalue weighted by molar-refractivity contribution is 5.65. The molecule has 0 amide bonds. The van der Waals surface area contributed by atoms with Crippen molar-refractivity contribution in [1.29, 1.82) is 0 Å². The van der Waals surface area contributed by atoms with Crippen molar-refractivity contribution in [2.45, 2.75) is 33.3 Å². The second kappa shape index (κ2) is 8.34.